The molecule has 0 spiro atoms. The lowest BCUT2D eigenvalue weighted by atomic mass is 9.46. The van der Waals surface area contributed by atoms with Crippen molar-refractivity contribution < 1.29 is 4.74 Å². The average Bonchev–Trinajstić information content (AvgIpc) is 3.03. The van der Waals surface area contributed by atoms with Crippen LogP contribution in [0.1, 0.15) is 70.8 Å². The highest BCUT2D eigenvalue weighted by atomic mass is 16.5. The fraction of sp³-hybridized carbons (Fsp3) is 0.692. The van der Waals surface area contributed by atoms with E-state index in [1.165, 1.54) is 56.9 Å². The first kappa shape index (κ1) is 18.0. The van der Waals surface area contributed by atoms with E-state index in [4.69, 9.17) is 4.74 Å². The van der Waals surface area contributed by atoms with E-state index in [1.54, 1.807) is 0 Å². The average molecular weight is 365 g/mol. The first-order valence-electron chi connectivity index (χ1n) is 11.4. The Morgan fingerprint density at radius 1 is 0.889 bits per heavy atom. The van der Waals surface area contributed by atoms with Crippen molar-refractivity contribution in [2.45, 2.75) is 77.9 Å². The van der Waals surface area contributed by atoms with Crippen LogP contribution in [-0.2, 0) is 11.3 Å². The zero-order valence-electron chi connectivity index (χ0n) is 17.2. The maximum Gasteiger partial charge on any atom is 0.0720 e. The second-order valence-electron chi connectivity index (χ2n) is 10.5. The largest absolute Gasteiger partial charge is 0.373 e. The smallest absolute Gasteiger partial charge is 0.0720 e. The molecule has 0 saturated heterocycles. The summed E-state index contributed by atoms with van der Waals surface area (Å²) >= 11 is 0. The van der Waals surface area contributed by atoms with Crippen molar-refractivity contribution in [1.82, 2.24) is 0 Å². The van der Waals surface area contributed by atoms with Gasteiger partial charge in [0.2, 0.25) is 0 Å². The van der Waals surface area contributed by atoms with E-state index in [2.05, 4.69) is 56.3 Å². The van der Waals surface area contributed by atoms with Gasteiger partial charge in [0.15, 0.2) is 0 Å². The van der Waals surface area contributed by atoms with Gasteiger partial charge in [-0.25, -0.2) is 0 Å². The molecule has 27 heavy (non-hydrogen) atoms. The molecule has 3 saturated carbocycles. The van der Waals surface area contributed by atoms with Crippen LogP contribution in [0.2, 0.25) is 0 Å². The van der Waals surface area contributed by atoms with E-state index < -0.39 is 0 Å². The van der Waals surface area contributed by atoms with Crippen LogP contribution in [0, 0.1) is 34.5 Å². The zero-order chi connectivity index (χ0) is 18.5. The summed E-state index contributed by atoms with van der Waals surface area (Å²) in [7, 11) is 0. The highest BCUT2D eigenvalue weighted by Crippen LogP contribution is 2.66. The molecule has 0 radical (unpaired) electrons. The minimum atomic E-state index is 0.406. The number of ether oxygens (including phenoxy) is 1. The normalized spacial score (nSPS) is 45.8. The SMILES string of the molecule is C[C@]12CC=CC[C@@H]1CC[C@H]1[C@H]2CC[C@]2(C)[C@@H](OCc3ccccc3)CC[C@@H]12. The van der Waals surface area contributed by atoms with Crippen molar-refractivity contribution in [2.75, 3.05) is 0 Å². The number of fused-ring (bicyclic) bond motifs is 5. The van der Waals surface area contributed by atoms with E-state index >= 15 is 0 Å². The van der Waals surface area contributed by atoms with Crippen molar-refractivity contribution in [3.8, 4) is 0 Å². The highest BCUT2D eigenvalue weighted by Gasteiger charge is 2.59. The number of allylic oxidation sites excluding steroid dienone is 2. The van der Waals surface area contributed by atoms with Crippen molar-refractivity contribution in [3.63, 3.8) is 0 Å². The summed E-state index contributed by atoms with van der Waals surface area (Å²) in [6.07, 6.45) is 16.5. The quantitative estimate of drug-likeness (QED) is 0.537. The van der Waals surface area contributed by atoms with Crippen molar-refractivity contribution in [3.05, 3.63) is 48.0 Å². The second-order valence-corrected chi connectivity index (χ2v) is 10.5. The second kappa shape index (κ2) is 6.76. The maximum absolute atomic E-state index is 6.56. The Balaban J connectivity index is 1.33. The van der Waals surface area contributed by atoms with Gasteiger partial charge in [0.05, 0.1) is 12.7 Å². The number of hydrogen-bond donors (Lipinski definition) is 0. The minimum Gasteiger partial charge on any atom is -0.373 e. The summed E-state index contributed by atoms with van der Waals surface area (Å²) in [6, 6.07) is 10.7. The van der Waals surface area contributed by atoms with E-state index in [0.29, 0.717) is 16.9 Å². The van der Waals surface area contributed by atoms with Gasteiger partial charge in [-0.3, -0.25) is 0 Å². The topological polar surface area (TPSA) is 9.23 Å². The molecule has 7 atom stereocenters. The van der Waals surface area contributed by atoms with Crippen LogP contribution in [0.5, 0.6) is 0 Å². The van der Waals surface area contributed by atoms with Gasteiger partial charge in [-0.15, -0.1) is 0 Å². The molecule has 0 heterocycles. The van der Waals surface area contributed by atoms with Crippen LogP contribution in [0.15, 0.2) is 42.5 Å². The summed E-state index contributed by atoms with van der Waals surface area (Å²) in [5.41, 5.74) is 2.30. The van der Waals surface area contributed by atoms with Crippen LogP contribution in [-0.4, -0.2) is 6.10 Å². The first-order chi connectivity index (χ1) is 13.1. The molecule has 1 nitrogen and oxygen atoms in total. The molecule has 5 rings (SSSR count). The van der Waals surface area contributed by atoms with Crippen molar-refractivity contribution >= 4 is 0 Å². The Hall–Kier alpha value is -1.08. The Kier molecular flexibility index (Phi) is 4.50. The van der Waals surface area contributed by atoms with E-state index in [0.717, 1.165) is 30.3 Å². The van der Waals surface area contributed by atoms with Gasteiger partial charge in [-0.2, -0.15) is 0 Å². The van der Waals surface area contributed by atoms with Crippen LogP contribution < -0.4 is 0 Å². The molecule has 0 N–H and O–H groups in total. The summed E-state index contributed by atoms with van der Waals surface area (Å²) in [4.78, 5) is 0. The highest BCUT2D eigenvalue weighted by molar-refractivity contribution is 5.15. The molecule has 0 bridgehead atoms. The number of hydrogen-bond acceptors (Lipinski definition) is 1. The molecule has 3 fully saturated rings. The fourth-order valence-corrected chi connectivity index (χ4v) is 7.83. The Morgan fingerprint density at radius 2 is 1.70 bits per heavy atom. The van der Waals surface area contributed by atoms with Crippen LogP contribution in [0.4, 0.5) is 0 Å². The fourth-order valence-electron chi connectivity index (χ4n) is 7.83. The number of benzene rings is 1. The van der Waals surface area contributed by atoms with Gasteiger partial charge in [0.25, 0.3) is 0 Å². The van der Waals surface area contributed by atoms with E-state index in [1.807, 2.05) is 0 Å². The summed E-state index contributed by atoms with van der Waals surface area (Å²) in [6.45, 7) is 6.00. The lowest BCUT2D eigenvalue weighted by Gasteiger charge is -2.59. The van der Waals surface area contributed by atoms with Gasteiger partial charge in [0.1, 0.15) is 0 Å². The summed E-state index contributed by atoms with van der Waals surface area (Å²) in [5, 5.41) is 0. The molecule has 1 aromatic rings. The van der Waals surface area contributed by atoms with Crippen LogP contribution in [0.3, 0.4) is 0 Å². The predicted molar refractivity (Wildman–Crippen MR) is 111 cm³/mol. The van der Waals surface area contributed by atoms with Gasteiger partial charge >= 0.3 is 0 Å². The molecule has 0 aromatic heterocycles. The molecule has 146 valence electrons. The Bertz CT molecular complexity index is 693. The zero-order valence-corrected chi connectivity index (χ0v) is 17.2. The summed E-state index contributed by atoms with van der Waals surface area (Å²) in [5.74, 6) is 3.73. The first-order valence-corrected chi connectivity index (χ1v) is 11.4. The molecule has 1 heteroatoms. The van der Waals surface area contributed by atoms with Crippen LogP contribution in [0.25, 0.3) is 0 Å². The van der Waals surface area contributed by atoms with Crippen molar-refractivity contribution in [1.29, 1.82) is 0 Å². The predicted octanol–water partition coefficient (Wildman–Crippen LogP) is 6.78. The molecule has 1 aromatic carbocycles. The van der Waals surface area contributed by atoms with Crippen molar-refractivity contribution in [2.24, 2.45) is 34.5 Å². The minimum absolute atomic E-state index is 0.406. The lowest BCUT2D eigenvalue weighted by Crippen LogP contribution is -2.53. The molecule has 0 aliphatic heterocycles. The third kappa shape index (κ3) is 2.84. The molecule has 0 amide bonds. The van der Waals surface area contributed by atoms with Gasteiger partial charge in [-0.1, -0.05) is 56.3 Å². The molecular formula is C26H36O. The Labute approximate surface area is 165 Å². The van der Waals surface area contributed by atoms with Gasteiger partial charge < -0.3 is 4.74 Å². The standard InChI is InChI=1S/C26H36O/c1-25-16-7-6-10-20(25)11-12-21-22-13-14-24(26(22,2)17-15-23(21)25)27-18-19-8-4-3-5-9-19/h3-9,20-24H,10-18H2,1-2H3/t20-,21-,22+,23-,24+,25+,26+/m1/s1. The monoisotopic (exact) mass is 364 g/mol. The van der Waals surface area contributed by atoms with Gasteiger partial charge in [0, 0.05) is 0 Å². The molecule has 4 aliphatic carbocycles. The van der Waals surface area contributed by atoms with E-state index in [-0.39, 0.29) is 0 Å². The number of rotatable bonds is 3. The molecular weight excluding hydrogens is 328 g/mol. The summed E-state index contributed by atoms with van der Waals surface area (Å²) < 4.78 is 6.56. The molecule has 0 unspecified atom stereocenters. The van der Waals surface area contributed by atoms with E-state index in [9.17, 15) is 0 Å². The molecule has 4 aliphatic rings. The Morgan fingerprint density at radius 3 is 2.56 bits per heavy atom. The van der Waals surface area contributed by atoms with Crippen LogP contribution >= 0.6 is 0 Å². The third-order valence-corrected chi connectivity index (χ3v) is 9.42. The third-order valence-electron chi connectivity index (χ3n) is 9.42. The van der Waals surface area contributed by atoms with Gasteiger partial charge in [-0.05, 0) is 91.4 Å². The maximum atomic E-state index is 6.56. The lowest BCUT2D eigenvalue weighted by molar-refractivity contribution is -0.124.